The molecule has 0 radical (unpaired) electrons. The van der Waals surface area contributed by atoms with Crippen molar-refractivity contribution in [3.8, 4) is 17.1 Å². The van der Waals surface area contributed by atoms with Gasteiger partial charge < -0.3 is 9.64 Å². The standard InChI is InChI=1S/C29H24F4N4O2/c1-17-9-25-24(7-8-37(28(25)38)15-18-3-5-23(39-2)6-4-18)27(36-17)26-14-22(34-16-35-26)12-19-10-20(29(31,32)33)13-21(30)11-19/h3-6,9-11,13-14,16H,7-8,12,15H2,1-2H3. The Morgan fingerprint density at radius 2 is 1.77 bits per heavy atom. The third-order valence-electron chi connectivity index (χ3n) is 6.57. The molecule has 0 saturated carbocycles. The predicted molar refractivity (Wildman–Crippen MR) is 136 cm³/mol. The van der Waals surface area contributed by atoms with Crippen LogP contribution in [-0.2, 0) is 25.6 Å². The van der Waals surface area contributed by atoms with E-state index in [1.165, 1.54) is 6.33 Å². The van der Waals surface area contributed by atoms with E-state index >= 15 is 0 Å². The van der Waals surface area contributed by atoms with Crippen molar-refractivity contribution in [1.82, 2.24) is 19.9 Å². The number of pyridine rings is 1. The summed E-state index contributed by atoms with van der Waals surface area (Å²) in [6.45, 7) is 2.72. The Morgan fingerprint density at radius 3 is 2.49 bits per heavy atom. The second-order valence-corrected chi connectivity index (χ2v) is 9.38. The van der Waals surface area contributed by atoms with Crippen LogP contribution < -0.4 is 4.74 Å². The quantitative estimate of drug-likeness (QED) is 0.291. The van der Waals surface area contributed by atoms with Crippen LogP contribution in [0.4, 0.5) is 17.6 Å². The lowest BCUT2D eigenvalue weighted by Gasteiger charge is -2.30. The Balaban J connectivity index is 1.43. The van der Waals surface area contributed by atoms with Crippen LogP contribution in [0.1, 0.15) is 44.0 Å². The van der Waals surface area contributed by atoms with Crippen molar-refractivity contribution in [2.45, 2.75) is 32.5 Å². The van der Waals surface area contributed by atoms with Gasteiger partial charge in [0.2, 0.25) is 0 Å². The van der Waals surface area contributed by atoms with E-state index in [0.29, 0.717) is 53.9 Å². The Kier molecular flexibility index (Phi) is 7.03. The van der Waals surface area contributed by atoms with Gasteiger partial charge in [-0.1, -0.05) is 12.1 Å². The van der Waals surface area contributed by atoms with Crippen LogP contribution in [0.15, 0.2) is 60.9 Å². The topological polar surface area (TPSA) is 68.2 Å². The highest BCUT2D eigenvalue weighted by molar-refractivity contribution is 5.98. The first kappa shape index (κ1) is 26.3. The van der Waals surface area contributed by atoms with Crippen molar-refractivity contribution in [2.75, 3.05) is 13.7 Å². The molecule has 39 heavy (non-hydrogen) atoms. The fourth-order valence-corrected chi connectivity index (χ4v) is 4.73. The predicted octanol–water partition coefficient (Wildman–Crippen LogP) is 5.80. The molecule has 0 fully saturated rings. The van der Waals surface area contributed by atoms with Crippen molar-refractivity contribution in [2.24, 2.45) is 0 Å². The normalized spacial score (nSPS) is 13.4. The van der Waals surface area contributed by atoms with Crippen LogP contribution in [0.2, 0.25) is 0 Å². The monoisotopic (exact) mass is 536 g/mol. The second kappa shape index (κ2) is 10.4. The van der Waals surface area contributed by atoms with E-state index < -0.39 is 17.6 Å². The number of nitrogens with zero attached hydrogens (tertiary/aromatic N) is 4. The Hall–Kier alpha value is -4.34. The molecule has 0 saturated heterocycles. The van der Waals surface area contributed by atoms with E-state index in [1.54, 1.807) is 31.1 Å². The number of hydrogen-bond donors (Lipinski definition) is 0. The van der Waals surface area contributed by atoms with Crippen molar-refractivity contribution < 1.29 is 27.1 Å². The van der Waals surface area contributed by atoms with Gasteiger partial charge in [-0.05, 0) is 72.5 Å². The van der Waals surface area contributed by atoms with Gasteiger partial charge >= 0.3 is 6.18 Å². The third-order valence-corrected chi connectivity index (χ3v) is 6.57. The third kappa shape index (κ3) is 5.74. The van der Waals surface area contributed by atoms with E-state index in [1.807, 2.05) is 24.3 Å². The molecule has 3 heterocycles. The zero-order chi connectivity index (χ0) is 27.7. The maximum Gasteiger partial charge on any atom is 0.416 e. The number of halogens is 4. The number of fused-ring (bicyclic) bond motifs is 1. The average molecular weight is 537 g/mol. The van der Waals surface area contributed by atoms with Crippen LogP contribution in [0.3, 0.4) is 0 Å². The van der Waals surface area contributed by atoms with Crippen LogP contribution >= 0.6 is 0 Å². The first-order valence-electron chi connectivity index (χ1n) is 12.2. The lowest BCUT2D eigenvalue weighted by molar-refractivity contribution is -0.137. The molecule has 4 aromatic rings. The number of methoxy groups -OCH3 is 1. The number of rotatable bonds is 6. The van der Waals surface area contributed by atoms with Gasteiger partial charge in [0.25, 0.3) is 5.91 Å². The largest absolute Gasteiger partial charge is 0.497 e. The minimum absolute atomic E-state index is 0.0288. The summed E-state index contributed by atoms with van der Waals surface area (Å²) in [6.07, 6.45) is -2.84. The Labute approximate surface area is 222 Å². The van der Waals surface area contributed by atoms with Gasteiger partial charge in [-0.25, -0.2) is 14.4 Å². The van der Waals surface area contributed by atoms with Gasteiger partial charge in [0.1, 0.15) is 17.9 Å². The fraction of sp³-hybridized carbons (Fsp3) is 0.241. The molecule has 2 aromatic heterocycles. The summed E-state index contributed by atoms with van der Waals surface area (Å²) >= 11 is 0. The van der Waals surface area contributed by atoms with E-state index in [0.717, 1.165) is 29.0 Å². The number of hydrogen-bond acceptors (Lipinski definition) is 5. The summed E-state index contributed by atoms with van der Waals surface area (Å²) in [5.74, 6) is -0.350. The molecule has 0 spiro atoms. The molecule has 0 atom stereocenters. The summed E-state index contributed by atoms with van der Waals surface area (Å²) in [5.41, 5.74) is 3.36. The Bertz CT molecular complexity index is 1540. The summed E-state index contributed by atoms with van der Waals surface area (Å²) < 4.78 is 58.5. The van der Waals surface area contributed by atoms with Gasteiger partial charge in [-0.2, -0.15) is 13.2 Å². The maximum atomic E-state index is 13.9. The van der Waals surface area contributed by atoms with Crippen molar-refractivity contribution in [1.29, 1.82) is 0 Å². The molecule has 0 aliphatic carbocycles. The number of benzene rings is 2. The van der Waals surface area contributed by atoms with E-state index in [2.05, 4.69) is 15.0 Å². The zero-order valence-electron chi connectivity index (χ0n) is 21.2. The summed E-state index contributed by atoms with van der Waals surface area (Å²) in [6, 6.07) is 13.4. The number of alkyl halides is 3. The summed E-state index contributed by atoms with van der Waals surface area (Å²) in [5, 5.41) is 0. The molecule has 200 valence electrons. The first-order valence-corrected chi connectivity index (χ1v) is 12.2. The zero-order valence-corrected chi connectivity index (χ0v) is 21.2. The number of aryl methyl sites for hydroxylation is 1. The summed E-state index contributed by atoms with van der Waals surface area (Å²) in [4.78, 5) is 28.4. The average Bonchev–Trinajstić information content (AvgIpc) is 2.90. The highest BCUT2D eigenvalue weighted by atomic mass is 19.4. The molecule has 0 N–H and O–H groups in total. The highest BCUT2D eigenvalue weighted by Crippen LogP contribution is 2.32. The molecule has 0 bridgehead atoms. The van der Waals surface area contributed by atoms with Crippen molar-refractivity contribution in [3.05, 3.63) is 106 Å². The molecular formula is C29H24F4N4O2. The molecule has 1 aliphatic heterocycles. The second-order valence-electron chi connectivity index (χ2n) is 9.38. The van der Waals surface area contributed by atoms with Crippen LogP contribution in [-0.4, -0.2) is 39.4 Å². The molecule has 0 unspecified atom stereocenters. The van der Waals surface area contributed by atoms with Crippen molar-refractivity contribution >= 4 is 5.91 Å². The molecular weight excluding hydrogens is 512 g/mol. The molecule has 1 aliphatic rings. The summed E-state index contributed by atoms with van der Waals surface area (Å²) in [7, 11) is 1.60. The first-order chi connectivity index (χ1) is 18.6. The molecule has 2 aromatic carbocycles. The lowest BCUT2D eigenvalue weighted by atomic mass is 9.94. The van der Waals surface area contributed by atoms with Gasteiger partial charge in [0, 0.05) is 36.5 Å². The van der Waals surface area contributed by atoms with Gasteiger partial charge in [0.05, 0.1) is 24.1 Å². The fourth-order valence-electron chi connectivity index (χ4n) is 4.73. The SMILES string of the molecule is COc1ccc(CN2CCc3c(cc(C)nc3-c3cc(Cc4cc(F)cc(C(F)(F)F)c4)ncn3)C2=O)cc1. The van der Waals surface area contributed by atoms with Crippen LogP contribution in [0, 0.1) is 12.7 Å². The smallest absolute Gasteiger partial charge is 0.416 e. The van der Waals surface area contributed by atoms with E-state index in [4.69, 9.17) is 4.74 Å². The van der Waals surface area contributed by atoms with Crippen molar-refractivity contribution in [3.63, 3.8) is 0 Å². The molecule has 5 rings (SSSR count). The van der Waals surface area contributed by atoms with Gasteiger partial charge in [0.15, 0.2) is 0 Å². The van der Waals surface area contributed by atoms with Crippen LogP contribution in [0.25, 0.3) is 11.4 Å². The van der Waals surface area contributed by atoms with Gasteiger partial charge in [-0.15, -0.1) is 0 Å². The number of ether oxygens (including phenoxy) is 1. The lowest BCUT2D eigenvalue weighted by Crippen LogP contribution is -2.37. The maximum absolute atomic E-state index is 13.9. The minimum Gasteiger partial charge on any atom is -0.497 e. The highest BCUT2D eigenvalue weighted by Gasteiger charge is 2.31. The number of aromatic nitrogens is 3. The Morgan fingerprint density at radius 1 is 1.00 bits per heavy atom. The number of carbonyl (C=O) groups is 1. The molecule has 10 heteroatoms. The van der Waals surface area contributed by atoms with E-state index in [-0.39, 0.29) is 17.9 Å². The number of carbonyl (C=O) groups excluding carboxylic acids is 1. The molecule has 6 nitrogen and oxygen atoms in total. The van der Waals surface area contributed by atoms with Gasteiger partial charge in [-0.3, -0.25) is 9.78 Å². The van der Waals surface area contributed by atoms with E-state index in [9.17, 15) is 22.4 Å². The van der Waals surface area contributed by atoms with Crippen LogP contribution in [0.5, 0.6) is 5.75 Å². The molecule has 1 amide bonds. The number of amides is 1. The minimum atomic E-state index is -4.66.